The number of anilines is 1. The van der Waals surface area contributed by atoms with Gasteiger partial charge in [0.25, 0.3) is 5.91 Å². The molecule has 9 nitrogen and oxygen atoms in total. The second-order valence-corrected chi connectivity index (χ2v) is 11.3. The molecule has 1 aliphatic heterocycles. The summed E-state index contributed by atoms with van der Waals surface area (Å²) in [5.41, 5.74) is 7.32. The Hall–Kier alpha value is -3.37. The molecular weight excluding hydrogens is 546 g/mol. The van der Waals surface area contributed by atoms with Gasteiger partial charge in [0, 0.05) is 47.2 Å². The number of hydrogen-bond acceptors (Lipinski definition) is 6. The maximum Gasteiger partial charge on any atom is 0.410 e. The van der Waals surface area contributed by atoms with Gasteiger partial charge in [-0.3, -0.25) is 9.48 Å². The predicted molar refractivity (Wildman–Crippen MR) is 148 cm³/mol. The summed E-state index contributed by atoms with van der Waals surface area (Å²) in [5.74, 6) is -1.10. The van der Waals surface area contributed by atoms with Crippen LogP contribution in [0.15, 0.2) is 36.8 Å². The Bertz CT molecular complexity index is 1380. The number of nitrogens with zero attached hydrogens (tertiary/aromatic N) is 4. The lowest BCUT2D eigenvalue weighted by Gasteiger charge is -2.33. The van der Waals surface area contributed by atoms with E-state index in [1.54, 1.807) is 30.3 Å². The molecule has 0 radical (unpaired) electrons. The van der Waals surface area contributed by atoms with Gasteiger partial charge in [0.05, 0.1) is 28.9 Å². The molecule has 1 unspecified atom stereocenters. The van der Waals surface area contributed by atoms with Crippen LogP contribution >= 0.6 is 23.2 Å². The smallest absolute Gasteiger partial charge is 0.410 e. The highest BCUT2D eigenvalue weighted by Gasteiger charge is 2.28. The molecule has 39 heavy (non-hydrogen) atoms. The van der Waals surface area contributed by atoms with Gasteiger partial charge < -0.3 is 20.7 Å². The molecule has 2 aromatic heterocycles. The molecule has 12 heteroatoms. The first-order valence-electron chi connectivity index (χ1n) is 12.6. The molecule has 1 saturated heterocycles. The first-order chi connectivity index (χ1) is 18.3. The third-order valence-corrected chi connectivity index (χ3v) is 7.16. The van der Waals surface area contributed by atoms with Gasteiger partial charge in [-0.05, 0) is 58.7 Å². The normalized spacial score (nSPS) is 15.2. The minimum Gasteiger partial charge on any atom is -0.444 e. The van der Waals surface area contributed by atoms with E-state index in [0.717, 1.165) is 18.4 Å². The fraction of sp³-hybridized carbons (Fsp3) is 0.407. The number of carbonyl (C=O) groups is 2. The average Bonchev–Trinajstić information content (AvgIpc) is 3.36. The van der Waals surface area contributed by atoms with Crippen LogP contribution in [0.3, 0.4) is 0 Å². The molecule has 1 aromatic carbocycles. The number of ether oxygens (including phenoxy) is 1. The first-order valence-corrected chi connectivity index (χ1v) is 13.3. The maximum atomic E-state index is 14.0. The lowest BCUT2D eigenvalue weighted by molar-refractivity contribution is 0.0184. The SMILES string of the molecule is CC(NC(=O)c1cc(-c2cnn(C3CCN(C(=O)OC(C)(C)C)CC3)c2)cnc1N)c1c(Cl)ccc(F)c1Cl. The summed E-state index contributed by atoms with van der Waals surface area (Å²) in [6, 6.07) is 3.61. The van der Waals surface area contributed by atoms with Crippen LogP contribution in [0.4, 0.5) is 15.0 Å². The average molecular weight is 577 g/mol. The Balaban J connectivity index is 1.45. The summed E-state index contributed by atoms with van der Waals surface area (Å²) in [6.07, 6.45) is 6.31. The van der Waals surface area contributed by atoms with Crippen molar-refractivity contribution in [2.45, 2.75) is 58.2 Å². The number of likely N-dealkylation sites (tertiary alicyclic amines) is 1. The Morgan fingerprint density at radius 1 is 1.18 bits per heavy atom. The first kappa shape index (κ1) is 28.6. The van der Waals surface area contributed by atoms with Gasteiger partial charge in [0.1, 0.15) is 17.2 Å². The van der Waals surface area contributed by atoms with Crippen molar-refractivity contribution in [3.8, 4) is 11.1 Å². The molecule has 3 heterocycles. The van der Waals surface area contributed by atoms with E-state index in [-0.39, 0.29) is 39.1 Å². The number of amides is 2. The third kappa shape index (κ3) is 6.62. The van der Waals surface area contributed by atoms with Gasteiger partial charge >= 0.3 is 6.09 Å². The maximum absolute atomic E-state index is 14.0. The fourth-order valence-electron chi connectivity index (χ4n) is 4.43. The van der Waals surface area contributed by atoms with Crippen molar-refractivity contribution in [2.75, 3.05) is 18.8 Å². The summed E-state index contributed by atoms with van der Waals surface area (Å²) >= 11 is 12.3. The van der Waals surface area contributed by atoms with Crippen molar-refractivity contribution in [3.05, 3.63) is 63.8 Å². The lowest BCUT2D eigenvalue weighted by Crippen LogP contribution is -2.42. The zero-order valence-corrected chi connectivity index (χ0v) is 23.7. The van der Waals surface area contributed by atoms with E-state index in [0.29, 0.717) is 18.7 Å². The quantitative estimate of drug-likeness (QED) is 0.358. The molecule has 4 rings (SSSR count). The minimum atomic E-state index is -0.689. The number of benzene rings is 1. The van der Waals surface area contributed by atoms with E-state index in [1.807, 2.05) is 31.6 Å². The van der Waals surface area contributed by atoms with Gasteiger partial charge in [-0.1, -0.05) is 23.2 Å². The number of nitrogens with two attached hydrogens (primary N) is 1. The predicted octanol–water partition coefficient (Wildman–Crippen LogP) is 6.04. The van der Waals surface area contributed by atoms with Crippen molar-refractivity contribution in [1.82, 2.24) is 25.0 Å². The number of aromatic nitrogens is 3. The standard InChI is InChI=1S/C27H31Cl2FN6O3/c1-15(22-20(28)5-6-21(30)23(22)29)34-25(37)19-11-16(12-32-24(19)31)17-13-33-36(14-17)18-7-9-35(10-8-18)26(38)39-27(2,3)4/h5-6,11-15,18H,7-10H2,1-4H3,(H2,31,32)(H,34,37). The van der Waals surface area contributed by atoms with Crippen molar-refractivity contribution in [3.63, 3.8) is 0 Å². The van der Waals surface area contributed by atoms with Crippen molar-refractivity contribution in [1.29, 1.82) is 0 Å². The van der Waals surface area contributed by atoms with Crippen LogP contribution in [0.1, 0.15) is 68.5 Å². The van der Waals surface area contributed by atoms with Gasteiger partial charge in [-0.15, -0.1) is 0 Å². The van der Waals surface area contributed by atoms with Crippen molar-refractivity contribution >= 4 is 41.0 Å². The molecule has 0 aliphatic carbocycles. The van der Waals surface area contributed by atoms with E-state index in [4.69, 9.17) is 33.7 Å². The van der Waals surface area contributed by atoms with Crippen LogP contribution in [0.25, 0.3) is 11.1 Å². The second kappa shape index (κ2) is 11.4. The molecule has 208 valence electrons. The Morgan fingerprint density at radius 2 is 1.87 bits per heavy atom. The van der Waals surface area contributed by atoms with E-state index in [2.05, 4.69) is 15.4 Å². The monoisotopic (exact) mass is 576 g/mol. The number of halogens is 3. The van der Waals surface area contributed by atoms with Crippen LogP contribution in [0.2, 0.25) is 10.0 Å². The van der Waals surface area contributed by atoms with Gasteiger partial charge in [0.15, 0.2) is 0 Å². The number of nitrogens with one attached hydrogen (secondary N) is 1. The van der Waals surface area contributed by atoms with Crippen molar-refractivity contribution in [2.24, 2.45) is 0 Å². The molecule has 0 saturated carbocycles. The van der Waals surface area contributed by atoms with Gasteiger partial charge in [-0.2, -0.15) is 5.10 Å². The largest absolute Gasteiger partial charge is 0.444 e. The van der Waals surface area contributed by atoms with E-state index in [1.165, 1.54) is 12.1 Å². The third-order valence-electron chi connectivity index (χ3n) is 6.45. The lowest BCUT2D eigenvalue weighted by atomic mass is 10.0. The van der Waals surface area contributed by atoms with Crippen molar-refractivity contribution < 1.29 is 18.7 Å². The molecule has 3 N–H and O–H groups in total. The Kier molecular flexibility index (Phi) is 8.37. The Morgan fingerprint density at radius 3 is 2.54 bits per heavy atom. The minimum absolute atomic E-state index is 0.0433. The van der Waals surface area contributed by atoms with Crippen LogP contribution in [-0.4, -0.2) is 50.4 Å². The molecule has 1 aliphatic rings. The molecule has 1 fully saturated rings. The summed E-state index contributed by atoms with van der Waals surface area (Å²) in [7, 11) is 0. The van der Waals surface area contributed by atoms with E-state index >= 15 is 0 Å². The number of pyridine rings is 1. The van der Waals surface area contributed by atoms with E-state index < -0.39 is 23.4 Å². The van der Waals surface area contributed by atoms with Crippen LogP contribution in [-0.2, 0) is 4.74 Å². The van der Waals surface area contributed by atoms with Crippen LogP contribution < -0.4 is 11.1 Å². The highest BCUT2D eigenvalue weighted by Crippen LogP contribution is 2.33. The number of rotatable bonds is 5. The highest BCUT2D eigenvalue weighted by molar-refractivity contribution is 6.36. The number of piperidine rings is 1. The van der Waals surface area contributed by atoms with Crippen LogP contribution in [0, 0.1) is 5.82 Å². The number of hydrogen-bond donors (Lipinski definition) is 2. The Labute approximate surface area is 236 Å². The van der Waals surface area contributed by atoms with Gasteiger partial charge in [-0.25, -0.2) is 14.2 Å². The zero-order valence-electron chi connectivity index (χ0n) is 22.2. The zero-order chi connectivity index (χ0) is 28.5. The van der Waals surface area contributed by atoms with E-state index in [9.17, 15) is 14.0 Å². The fourth-order valence-corrected chi connectivity index (χ4v) is 5.13. The highest BCUT2D eigenvalue weighted by atomic mass is 35.5. The molecule has 1 atom stereocenters. The molecule has 0 spiro atoms. The topological polar surface area (TPSA) is 115 Å². The molecule has 2 amide bonds. The summed E-state index contributed by atoms with van der Waals surface area (Å²) in [4.78, 5) is 31.4. The summed E-state index contributed by atoms with van der Waals surface area (Å²) < 4.78 is 21.3. The number of carbonyl (C=O) groups excluding carboxylic acids is 2. The summed E-state index contributed by atoms with van der Waals surface area (Å²) in [5, 5.41) is 7.36. The molecular formula is C27H31Cl2FN6O3. The van der Waals surface area contributed by atoms with Crippen LogP contribution in [0.5, 0.6) is 0 Å². The second-order valence-electron chi connectivity index (χ2n) is 10.5. The molecule has 0 bridgehead atoms. The molecule has 3 aromatic rings. The number of nitrogen functional groups attached to an aromatic ring is 1. The summed E-state index contributed by atoms with van der Waals surface area (Å²) in [6.45, 7) is 8.33. The van der Waals surface area contributed by atoms with Gasteiger partial charge in [0.2, 0.25) is 0 Å².